The minimum absolute atomic E-state index is 0.151. The summed E-state index contributed by atoms with van der Waals surface area (Å²) < 4.78 is 1.00. The second-order valence-corrected chi connectivity index (χ2v) is 8.14. The first kappa shape index (κ1) is 16.5. The Labute approximate surface area is 161 Å². The van der Waals surface area contributed by atoms with Gasteiger partial charge in [0.1, 0.15) is 10.7 Å². The van der Waals surface area contributed by atoms with Gasteiger partial charge in [-0.15, -0.1) is 11.3 Å². The predicted octanol–water partition coefficient (Wildman–Crippen LogP) is 6.04. The van der Waals surface area contributed by atoms with Gasteiger partial charge in [-0.05, 0) is 36.8 Å². The Morgan fingerprint density at radius 1 is 1.12 bits per heavy atom. The highest BCUT2D eigenvalue weighted by Crippen LogP contribution is 2.37. The van der Waals surface area contributed by atoms with Crippen LogP contribution in [0, 0.1) is 6.92 Å². The van der Waals surface area contributed by atoms with Crippen molar-refractivity contribution in [1.82, 2.24) is 9.97 Å². The van der Waals surface area contributed by atoms with Gasteiger partial charge in [-0.25, -0.2) is 4.98 Å². The van der Waals surface area contributed by atoms with Gasteiger partial charge in [0.2, 0.25) is 0 Å². The van der Waals surface area contributed by atoms with Crippen LogP contribution in [0.5, 0.6) is 0 Å². The molecule has 0 bridgehead atoms. The fourth-order valence-corrected chi connectivity index (χ4v) is 4.40. The van der Waals surface area contributed by atoms with E-state index in [2.05, 4.69) is 25.9 Å². The first-order chi connectivity index (χ1) is 12.0. The second-order valence-electron chi connectivity index (χ2n) is 5.61. The number of halogens is 2. The fourth-order valence-electron chi connectivity index (χ4n) is 2.86. The minimum Gasteiger partial charge on any atom is -0.306 e. The highest BCUT2D eigenvalue weighted by Gasteiger charge is 2.17. The molecule has 0 saturated heterocycles. The lowest BCUT2D eigenvalue weighted by Crippen LogP contribution is -2.09. The summed E-state index contributed by atoms with van der Waals surface area (Å²) in [6, 6.07) is 15.3. The van der Waals surface area contributed by atoms with E-state index in [1.165, 1.54) is 11.3 Å². The largest absolute Gasteiger partial charge is 0.306 e. The fraction of sp³-hybridized carbons (Fsp3) is 0.0526. The Hall–Kier alpha value is -1.95. The number of nitrogens with zero attached hydrogens (tertiary/aromatic N) is 1. The van der Waals surface area contributed by atoms with Crippen LogP contribution < -0.4 is 5.56 Å². The van der Waals surface area contributed by atoms with Crippen molar-refractivity contribution in [2.45, 2.75) is 6.92 Å². The van der Waals surface area contributed by atoms with E-state index in [1.54, 1.807) is 6.07 Å². The van der Waals surface area contributed by atoms with Crippen LogP contribution in [0.25, 0.3) is 32.7 Å². The van der Waals surface area contributed by atoms with Crippen LogP contribution in [0.1, 0.15) is 4.88 Å². The van der Waals surface area contributed by atoms with E-state index in [-0.39, 0.29) is 5.56 Å². The summed E-state index contributed by atoms with van der Waals surface area (Å²) in [5.74, 6) is 0.492. The molecule has 0 amide bonds. The van der Waals surface area contributed by atoms with E-state index in [4.69, 9.17) is 11.6 Å². The van der Waals surface area contributed by atoms with Crippen LogP contribution in [-0.2, 0) is 0 Å². The number of benzene rings is 2. The lowest BCUT2D eigenvalue weighted by Gasteiger charge is -2.05. The summed E-state index contributed by atoms with van der Waals surface area (Å²) >= 11 is 11.2. The zero-order valence-corrected chi connectivity index (χ0v) is 16.3. The summed E-state index contributed by atoms with van der Waals surface area (Å²) in [4.78, 5) is 22.1. The number of aromatic amines is 1. The first-order valence-electron chi connectivity index (χ1n) is 7.59. The normalized spacial score (nSPS) is 11.2. The van der Waals surface area contributed by atoms with Crippen molar-refractivity contribution in [2.75, 3.05) is 0 Å². The molecule has 2 aromatic carbocycles. The van der Waals surface area contributed by atoms with Crippen molar-refractivity contribution in [1.29, 1.82) is 0 Å². The van der Waals surface area contributed by atoms with Crippen molar-refractivity contribution in [2.24, 2.45) is 0 Å². The number of thiophene rings is 1. The van der Waals surface area contributed by atoms with Crippen LogP contribution in [0.3, 0.4) is 0 Å². The lowest BCUT2D eigenvalue weighted by molar-refractivity contribution is 1.19. The monoisotopic (exact) mass is 430 g/mol. The molecule has 0 aliphatic carbocycles. The highest BCUT2D eigenvalue weighted by atomic mass is 79.9. The molecular formula is C19H12BrClN2OS. The Morgan fingerprint density at radius 2 is 1.84 bits per heavy atom. The van der Waals surface area contributed by atoms with Gasteiger partial charge in [0.05, 0.1) is 10.4 Å². The Bertz CT molecular complexity index is 1150. The van der Waals surface area contributed by atoms with E-state index in [0.717, 1.165) is 26.0 Å². The number of rotatable bonds is 2. The van der Waals surface area contributed by atoms with Crippen LogP contribution in [0.4, 0.5) is 0 Å². The van der Waals surface area contributed by atoms with E-state index < -0.39 is 0 Å². The summed E-state index contributed by atoms with van der Waals surface area (Å²) in [7, 11) is 0. The number of nitrogens with one attached hydrogen (secondary N) is 1. The molecule has 0 unspecified atom stereocenters. The molecule has 3 nitrogen and oxygen atoms in total. The molecule has 6 heteroatoms. The molecular weight excluding hydrogens is 420 g/mol. The maximum atomic E-state index is 12.8. The van der Waals surface area contributed by atoms with Crippen LogP contribution >= 0.6 is 38.9 Å². The molecule has 0 aliphatic heterocycles. The molecule has 2 aromatic heterocycles. The maximum absolute atomic E-state index is 12.8. The minimum atomic E-state index is -0.151. The third kappa shape index (κ3) is 2.92. The van der Waals surface area contributed by atoms with Gasteiger partial charge in [-0.3, -0.25) is 4.79 Å². The van der Waals surface area contributed by atoms with Crippen LogP contribution in [-0.4, -0.2) is 9.97 Å². The SMILES string of the molecule is Cc1sc2nc(-c3ccccc3Cl)[nH]c(=O)c2c1-c1ccc(Br)cc1. The van der Waals surface area contributed by atoms with Crippen LogP contribution in [0.2, 0.25) is 5.02 Å². The van der Waals surface area contributed by atoms with Gasteiger partial charge < -0.3 is 4.98 Å². The Kier molecular flexibility index (Phi) is 4.23. The molecule has 0 fully saturated rings. The molecule has 0 saturated carbocycles. The first-order valence-corrected chi connectivity index (χ1v) is 9.57. The van der Waals surface area contributed by atoms with Crippen molar-refractivity contribution in [3.63, 3.8) is 0 Å². The van der Waals surface area contributed by atoms with E-state index >= 15 is 0 Å². The van der Waals surface area contributed by atoms with Gasteiger partial charge >= 0.3 is 0 Å². The molecule has 2 heterocycles. The summed E-state index contributed by atoms with van der Waals surface area (Å²) in [6.07, 6.45) is 0. The molecule has 4 aromatic rings. The number of fused-ring (bicyclic) bond motifs is 1. The van der Waals surface area contributed by atoms with Crippen molar-refractivity contribution in [3.8, 4) is 22.5 Å². The number of hydrogen-bond acceptors (Lipinski definition) is 3. The summed E-state index contributed by atoms with van der Waals surface area (Å²) in [6.45, 7) is 2.01. The maximum Gasteiger partial charge on any atom is 0.260 e. The average molecular weight is 432 g/mol. The summed E-state index contributed by atoms with van der Waals surface area (Å²) in [5, 5.41) is 1.19. The second kappa shape index (κ2) is 6.41. The number of hydrogen-bond donors (Lipinski definition) is 1. The van der Waals surface area contributed by atoms with E-state index in [9.17, 15) is 4.79 Å². The van der Waals surface area contributed by atoms with Crippen molar-refractivity contribution < 1.29 is 0 Å². The molecule has 0 radical (unpaired) electrons. The lowest BCUT2D eigenvalue weighted by atomic mass is 10.0. The number of aromatic nitrogens is 2. The predicted molar refractivity (Wildman–Crippen MR) is 109 cm³/mol. The molecule has 4 rings (SSSR count). The standard InChI is InChI=1S/C19H12BrClN2OS/c1-10-15(11-6-8-12(20)9-7-11)16-18(24)22-17(23-19(16)25-10)13-4-2-3-5-14(13)21/h2-9H,1H3,(H,22,23,24). The summed E-state index contributed by atoms with van der Waals surface area (Å²) in [5.41, 5.74) is 2.51. The van der Waals surface area contributed by atoms with Gasteiger partial charge in [-0.1, -0.05) is 51.8 Å². The Balaban J connectivity index is 1.97. The smallest absolute Gasteiger partial charge is 0.260 e. The third-order valence-electron chi connectivity index (χ3n) is 4.00. The van der Waals surface area contributed by atoms with Gasteiger partial charge in [0, 0.05) is 20.5 Å². The zero-order valence-electron chi connectivity index (χ0n) is 13.1. The molecule has 0 atom stereocenters. The Morgan fingerprint density at radius 3 is 2.56 bits per heavy atom. The number of H-pyrrole nitrogens is 1. The molecule has 0 spiro atoms. The van der Waals surface area contributed by atoms with Crippen LogP contribution in [0.15, 0.2) is 57.8 Å². The molecule has 1 N–H and O–H groups in total. The number of aryl methyl sites for hydroxylation is 1. The molecule has 124 valence electrons. The van der Waals surface area contributed by atoms with Gasteiger partial charge in [-0.2, -0.15) is 0 Å². The quantitative estimate of drug-likeness (QED) is 0.420. The van der Waals surface area contributed by atoms with Gasteiger partial charge in [0.25, 0.3) is 5.56 Å². The topological polar surface area (TPSA) is 45.8 Å². The highest BCUT2D eigenvalue weighted by molar-refractivity contribution is 9.10. The molecule has 0 aliphatic rings. The van der Waals surface area contributed by atoms with Gasteiger partial charge in [0.15, 0.2) is 0 Å². The van der Waals surface area contributed by atoms with Crippen molar-refractivity contribution in [3.05, 3.63) is 73.3 Å². The van der Waals surface area contributed by atoms with E-state index in [1.807, 2.05) is 49.4 Å². The average Bonchev–Trinajstić information content (AvgIpc) is 2.92. The molecule has 25 heavy (non-hydrogen) atoms. The third-order valence-corrected chi connectivity index (χ3v) is 5.86. The zero-order chi connectivity index (χ0) is 17.6. The van der Waals surface area contributed by atoms with E-state index in [0.29, 0.717) is 21.1 Å². The van der Waals surface area contributed by atoms with Crippen molar-refractivity contribution >= 4 is 49.1 Å².